The summed E-state index contributed by atoms with van der Waals surface area (Å²) in [5.41, 5.74) is 4.53. The number of carboxylic acid groups (broad SMARTS) is 1. The van der Waals surface area contributed by atoms with E-state index in [1.165, 1.54) is 12.7 Å². The highest BCUT2D eigenvalue weighted by atomic mass is 16.5. The van der Waals surface area contributed by atoms with E-state index < -0.39 is 5.97 Å². The fraction of sp³-hybridized carbons (Fsp3) is 0.292. The van der Waals surface area contributed by atoms with Gasteiger partial charge in [-0.25, -0.2) is 4.79 Å². The molecule has 0 aliphatic carbocycles. The van der Waals surface area contributed by atoms with E-state index in [1.54, 1.807) is 7.11 Å². The van der Waals surface area contributed by atoms with Gasteiger partial charge in [0.05, 0.1) is 14.2 Å². The van der Waals surface area contributed by atoms with E-state index in [0.29, 0.717) is 11.1 Å². The number of fused-ring (bicyclic) bond motifs is 1. The van der Waals surface area contributed by atoms with Crippen molar-refractivity contribution < 1.29 is 19.4 Å². The summed E-state index contributed by atoms with van der Waals surface area (Å²) in [6.45, 7) is 6.22. The van der Waals surface area contributed by atoms with Gasteiger partial charge in [0.15, 0.2) is 11.5 Å². The van der Waals surface area contributed by atoms with E-state index in [0.717, 1.165) is 28.5 Å². The highest BCUT2D eigenvalue weighted by Gasteiger charge is 2.27. The molecular weight excluding hydrogens is 352 g/mol. The molecule has 0 saturated carbocycles. The number of methoxy groups -OCH3 is 2. The number of hydrogen-bond donors (Lipinski definition) is 1. The van der Waals surface area contributed by atoms with Crippen LogP contribution >= 0.6 is 0 Å². The van der Waals surface area contributed by atoms with Crippen molar-refractivity contribution in [2.75, 3.05) is 14.2 Å². The fourth-order valence-electron chi connectivity index (χ4n) is 3.85. The molecule has 1 N–H and O–H groups in total. The van der Waals surface area contributed by atoms with Crippen LogP contribution in [0.2, 0.25) is 0 Å². The van der Waals surface area contributed by atoms with Crippen LogP contribution in [0.3, 0.4) is 0 Å². The summed E-state index contributed by atoms with van der Waals surface area (Å²) in [4.78, 5) is 12.2. The Bertz CT molecular complexity index is 1020. The molecule has 3 aromatic carbocycles. The molecule has 0 atom stereocenters. The zero-order valence-corrected chi connectivity index (χ0v) is 17.0. The third-order valence-electron chi connectivity index (χ3n) is 5.15. The summed E-state index contributed by atoms with van der Waals surface area (Å²) in [5.74, 6) is -0.100. The first kappa shape index (κ1) is 19.7. The van der Waals surface area contributed by atoms with Crippen molar-refractivity contribution in [2.24, 2.45) is 0 Å². The lowest BCUT2D eigenvalue weighted by Crippen LogP contribution is -2.08. The molecular formula is C24H26O4. The van der Waals surface area contributed by atoms with Crippen LogP contribution in [0.25, 0.3) is 10.8 Å². The minimum Gasteiger partial charge on any atom is -0.493 e. The smallest absolute Gasteiger partial charge is 0.340 e. The minimum absolute atomic E-state index is 0.146. The van der Waals surface area contributed by atoms with Gasteiger partial charge in [-0.1, -0.05) is 50.2 Å². The van der Waals surface area contributed by atoms with Gasteiger partial charge in [0.2, 0.25) is 0 Å². The topological polar surface area (TPSA) is 55.8 Å². The number of ether oxygens (including phenoxy) is 2. The molecule has 0 aromatic heterocycles. The Morgan fingerprint density at radius 2 is 1.64 bits per heavy atom. The van der Waals surface area contributed by atoms with Crippen LogP contribution in [0.15, 0.2) is 42.5 Å². The van der Waals surface area contributed by atoms with E-state index in [2.05, 4.69) is 39.0 Å². The zero-order chi connectivity index (χ0) is 20.4. The molecule has 146 valence electrons. The van der Waals surface area contributed by atoms with E-state index in [1.807, 2.05) is 24.3 Å². The lowest BCUT2D eigenvalue weighted by Gasteiger charge is -2.22. The van der Waals surface area contributed by atoms with Gasteiger partial charge < -0.3 is 14.6 Å². The molecule has 0 heterocycles. The van der Waals surface area contributed by atoms with Crippen LogP contribution in [0.1, 0.15) is 52.4 Å². The van der Waals surface area contributed by atoms with Gasteiger partial charge in [0, 0.05) is 10.9 Å². The molecule has 0 aliphatic rings. The number of carboxylic acids is 1. The summed E-state index contributed by atoms with van der Waals surface area (Å²) in [6, 6.07) is 14.3. The molecule has 3 rings (SSSR count). The zero-order valence-electron chi connectivity index (χ0n) is 17.0. The van der Waals surface area contributed by atoms with Crippen molar-refractivity contribution >= 4 is 16.7 Å². The van der Waals surface area contributed by atoms with E-state index in [-0.39, 0.29) is 17.2 Å². The van der Waals surface area contributed by atoms with Gasteiger partial charge in [-0.2, -0.15) is 0 Å². The molecule has 4 nitrogen and oxygen atoms in total. The third-order valence-corrected chi connectivity index (χ3v) is 5.15. The second-order valence-electron chi connectivity index (χ2n) is 7.30. The van der Waals surface area contributed by atoms with Crippen molar-refractivity contribution in [1.82, 2.24) is 0 Å². The maximum Gasteiger partial charge on any atom is 0.340 e. The van der Waals surface area contributed by atoms with Crippen LogP contribution in [-0.2, 0) is 6.42 Å². The average Bonchev–Trinajstić information content (AvgIpc) is 2.67. The molecule has 0 unspecified atom stereocenters. The lowest BCUT2D eigenvalue weighted by molar-refractivity contribution is 0.0695. The van der Waals surface area contributed by atoms with E-state index >= 15 is 0 Å². The third kappa shape index (κ3) is 3.42. The maximum atomic E-state index is 12.2. The van der Waals surface area contributed by atoms with Crippen molar-refractivity contribution in [2.45, 2.75) is 33.1 Å². The summed E-state index contributed by atoms with van der Waals surface area (Å²) in [5, 5.41) is 11.5. The molecule has 3 aromatic rings. The predicted octanol–water partition coefficient (Wildman–Crippen LogP) is 5.58. The first-order valence-electron chi connectivity index (χ1n) is 9.37. The van der Waals surface area contributed by atoms with E-state index in [9.17, 15) is 9.90 Å². The molecule has 28 heavy (non-hydrogen) atoms. The van der Waals surface area contributed by atoms with Crippen LogP contribution in [0, 0.1) is 6.92 Å². The summed E-state index contributed by atoms with van der Waals surface area (Å²) >= 11 is 0. The SMILES string of the molecule is COc1c(OC)c(C(C)C)c2cc(C)c(Cc3ccccc3)cc2c1C(=O)O. The molecule has 0 aliphatic heterocycles. The number of benzene rings is 3. The summed E-state index contributed by atoms with van der Waals surface area (Å²) in [7, 11) is 3.04. The largest absolute Gasteiger partial charge is 0.493 e. The Morgan fingerprint density at radius 3 is 2.18 bits per heavy atom. The van der Waals surface area contributed by atoms with Crippen LogP contribution < -0.4 is 9.47 Å². The van der Waals surface area contributed by atoms with Gasteiger partial charge in [-0.05, 0) is 47.4 Å². The molecule has 0 bridgehead atoms. The van der Waals surface area contributed by atoms with Crippen molar-refractivity contribution in [3.8, 4) is 11.5 Å². The molecule has 0 fully saturated rings. The number of aryl methyl sites for hydroxylation is 1. The average molecular weight is 378 g/mol. The molecule has 4 heteroatoms. The van der Waals surface area contributed by atoms with Gasteiger partial charge >= 0.3 is 5.97 Å². The molecule has 0 spiro atoms. The number of hydrogen-bond acceptors (Lipinski definition) is 3. The highest BCUT2D eigenvalue weighted by molar-refractivity contribution is 6.09. The first-order chi connectivity index (χ1) is 13.4. The molecule has 0 amide bonds. The standard InChI is InChI=1S/C24H26O4/c1-14(2)20-18-11-15(3)17(12-16-9-7-6-8-10-16)13-19(18)21(24(25)26)23(28-5)22(20)27-4/h6-11,13-14H,12H2,1-5H3,(H,25,26). The number of aromatic carboxylic acids is 1. The van der Waals surface area contributed by atoms with Crippen LogP contribution in [0.4, 0.5) is 0 Å². The van der Waals surface area contributed by atoms with Gasteiger partial charge in [0.1, 0.15) is 5.56 Å². The van der Waals surface area contributed by atoms with Crippen molar-refractivity contribution in [3.63, 3.8) is 0 Å². The summed E-state index contributed by atoms with van der Waals surface area (Å²) in [6.07, 6.45) is 0.743. The van der Waals surface area contributed by atoms with E-state index in [4.69, 9.17) is 9.47 Å². The lowest BCUT2D eigenvalue weighted by atomic mass is 9.87. The highest BCUT2D eigenvalue weighted by Crippen LogP contribution is 2.45. The second kappa shape index (κ2) is 7.93. The van der Waals surface area contributed by atoms with Crippen LogP contribution in [0.5, 0.6) is 11.5 Å². The first-order valence-corrected chi connectivity index (χ1v) is 9.37. The number of carbonyl (C=O) groups is 1. The minimum atomic E-state index is -1.02. The Labute approximate surface area is 165 Å². The maximum absolute atomic E-state index is 12.2. The van der Waals surface area contributed by atoms with Crippen molar-refractivity contribution in [1.29, 1.82) is 0 Å². The van der Waals surface area contributed by atoms with Crippen LogP contribution in [-0.4, -0.2) is 25.3 Å². The molecule has 0 saturated heterocycles. The fourth-order valence-corrected chi connectivity index (χ4v) is 3.85. The normalized spacial score (nSPS) is 11.1. The number of rotatable bonds is 6. The second-order valence-corrected chi connectivity index (χ2v) is 7.30. The quantitative estimate of drug-likeness (QED) is 0.608. The van der Waals surface area contributed by atoms with Crippen molar-refractivity contribution in [3.05, 3.63) is 70.3 Å². The predicted molar refractivity (Wildman–Crippen MR) is 112 cm³/mol. The Hall–Kier alpha value is -3.01. The van der Waals surface area contributed by atoms with Gasteiger partial charge in [-0.3, -0.25) is 0 Å². The Morgan fingerprint density at radius 1 is 1.00 bits per heavy atom. The van der Waals surface area contributed by atoms with Gasteiger partial charge in [0.25, 0.3) is 0 Å². The van der Waals surface area contributed by atoms with Gasteiger partial charge in [-0.15, -0.1) is 0 Å². The Balaban J connectivity index is 2.37. The molecule has 0 radical (unpaired) electrons. The monoisotopic (exact) mass is 378 g/mol. The summed E-state index contributed by atoms with van der Waals surface area (Å²) < 4.78 is 11.1. The Kier molecular flexibility index (Phi) is 5.59.